The molecule has 1 fully saturated rings. The van der Waals surface area contributed by atoms with E-state index in [2.05, 4.69) is 15.6 Å². The number of allylic oxidation sites excluding steroid dienone is 1. The number of amidine groups is 1. The van der Waals surface area contributed by atoms with E-state index in [0.717, 1.165) is 47.0 Å². The Bertz CT molecular complexity index is 772. The first-order valence-electron chi connectivity index (χ1n) is 7.84. The second kappa shape index (κ2) is 5.50. The zero-order chi connectivity index (χ0) is 14.9. The fraction of sp³-hybridized carbons (Fsp3) is 0.353. The normalized spacial score (nSPS) is 23.0. The van der Waals surface area contributed by atoms with E-state index in [-0.39, 0.29) is 6.04 Å². The molecular formula is C17H19N5. The molecule has 0 radical (unpaired) electrons. The lowest BCUT2D eigenvalue weighted by Gasteiger charge is -2.23. The van der Waals surface area contributed by atoms with Crippen molar-refractivity contribution in [2.24, 2.45) is 4.99 Å². The van der Waals surface area contributed by atoms with Gasteiger partial charge in [-0.05, 0) is 44.5 Å². The third-order valence-electron chi connectivity index (χ3n) is 4.13. The molecule has 0 bridgehead atoms. The van der Waals surface area contributed by atoms with Crippen LogP contribution in [0.5, 0.6) is 0 Å². The Kier molecular flexibility index (Phi) is 3.35. The Hall–Kier alpha value is -2.27. The van der Waals surface area contributed by atoms with E-state index in [0.29, 0.717) is 0 Å². The zero-order valence-corrected chi connectivity index (χ0v) is 12.6. The smallest absolute Gasteiger partial charge is 0.165 e. The molecule has 112 valence electrons. The molecule has 0 spiro atoms. The molecule has 1 aromatic carbocycles. The summed E-state index contributed by atoms with van der Waals surface area (Å²) in [6.45, 7) is 3.06. The number of nitrogens with zero attached hydrogens (tertiary/aromatic N) is 3. The molecule has 2 N–H and O–H groups in total. The van der Waals surface area contributed by atoms with Crippen LogP contribution in [-0.2, 0) is 0 Å². The summed E-state index contributed by atoms with van der Waals surface area (Å²) in [4.78, 5) is 14.1. The highest BCUT2D eigenvalue weighted by Gasteiger charge is 2.19. The SMILES string of the molecule is CC1=CC(=Nc2nc(C3CCCCN3)nc3ccccc23)N1. The van der Waals surface area contributed by atoms with Gasteiger partial charge in [0.15, 0.2) is 5.82 Å². The number of hydrogen-bond donors (Lipinski definition) is 2. The number of aromatic nitrogens is 2. The van der Waals surface area contributed by atoms with Crippen LogP contribution < -0.4 is 10.6 Å². The summed E-state index contributed by atoms with van der Waals surface area (Å²) in [6, 6.07) is 8.31. The number of nitrogens with one attached hydrogen (secondary N) is 2. The van der Waals surface area contributed by atoms with Gasteiger partial charge in [-0.15, -0.1) is 0 Å². The van der Waals surface area contributed by atoms with E-state index in [1.807, 2.05) is 37.3 Å². The summed E-state index contributed by atoms with van der Waals surface area (Å²) in [6.07, 6.45) is 5.56. The summed E-state index contributed by atoms with van der Waals surface area (Å²) in [5, 5.41) is 7.70. The number of rotatable bonds is 2. The van der Waals surface area contributed by atoms with Crippen molar-refractivity contribution in [2.75, 3.05) is 6.54 Å². The molecule has 1 aromatic heterocycles. The molecule has 3 heterocycles. The molecule has 2 aromatic rings. The summed E-state index contributed by atoms with van der Waals surface area (Å²) in [7, 11) is 0. The van der Waals surface area contributed by atoms with Gasteiger partial charge in [0.25, 0.3) is 0 Å². The van der Waals surface area contributed by atoms with Crippen LogP contribution in [0.15, 0.2) is 41.0 Å². The lowest BCUT2D eigenvalue weighted by molar-refractivity contribution is 0.398. The third-order valence-corrected chi connectivity index (χ3v) is 4.13. The Balaban J connectivity index is 1.80. The first-order valence-corrected chi connectivity index (χ1v) is 7.84. The second-order valence-electron chi connectivity index (χ2n) is 5.87. The second-order valence-corrected chi connectivity index (χ2v) is 5.87. The molecular weight excluding hydrogens is 274 g/mol. The van der Waals surface area contributed by atoms with Gasteiger partial charge in [0.05, 0.1) is 11.6 Å². The number of para-hydroxylation sites is 1. The van der Waals surface area contributed by atoms with Crippen LogP contribution in [0.4, 0.5) is 5.82 Å². The Morgan fingerprint density at radius 2 is 2.05 bits per heavy atom. The van der Waals surface area contributed by atoms with Crippen molar-refractivity contribution in [2.45, 2.75) is 32.2 Å². The van der Waals surface area contributed by atoms with Crippen molar-refractivity contribution in [3.8, 4) is 0 Å². The van der Waals surface area contributed by atoms with E-state index in [9.17, 15) is 0 Å². The monoisotopic (exact) mass is 293 g/mol. The average Bonchev–Trinajstić information content (AvgIpc) is 2.54. The van der Waals surface area contributed by atoms with E-state index >= 15 is 0 Å². The number of benzene rings is 1. The van der Waals surface area contributed by atoms with Crippen LogP contribution in [0.2, 0.25) is 0 Å². The molecule has 1 saturated heterocycles. The molecule has 1 atom stereocenters. The number of piperidine rings is 1. The summed E-state index contributed by atoms with van der Waals surface area (Å²) >= 11 is 0. The molecule has 0 saturated carbocycles. The molecule has 5 heteroatoms. The van der Waals surface area contributed by atoms with Crippen LogP contribution in [-0.4, -0.2) is 22.3 Å². The van der Waals surface area contributed by atoms with Gasteiger partial charge in [-0.25, -0.2) is 15.0 Å². The molecule has 0 aliphatic carbocycles. The van der Waals surface area contributed by atoms with Crippen LogP contribution in [0.3, 0.4) is 0 Å². The van der Waals surface area contributed by atoms with Gasteiger partial charge in [0.1, 0.15) is 11.7 Å². The number of aliphatic imine (C=N–C) groups is 1. The first-order chi connectivity index (χ1) is 10.8. The predicted molar refractivity (Wildman–Crippen MR) is 88.1 cm³/mol. The third kappa shape index (κ3) is 2.48. The molecule has 5 nitrogen and oxygen atoms in total. The van der Waals surface area contributed by atoms with Crippen molar-refractivity contribution >= 4 is 22.6 Å². The van der Waals surface area contributed by atoms with Crippen molar-refractivity contribution in [3.05, 3.63) is 41.9 Å². The van der Waals surface area contributed by atoms with Crippen molar-refractivity contribution < 1.29 is 0 Å². The molecule has 0 amide bonds. The van der Waals surface area contributed by atoms with Crippen molar-refractivity contribution in [3.63, 3.8) is 0 Å². The van der Waals surface area contributed by atoms with Gasteiger partial charge in [0.2, 0.25) is 0 Å². The molecule has 4 rings (SSSR count). The Labute approximate surface area is 129 Å². The van der Waals surface area contributed by atoms with Crippen LogP contribution >= 0.6 is 0 Å². The van der Waals surface area contributed by atoms with Crippen molar-refractivity contribution in [1.82, 2.24) is 20.6 Å². The summed E-state index contributed by atoms with van der Waals surface area (Å²) in [5.41, 5.74) is 2.09. The maximum Gasteiger partial charge on any atom is 0.165 e. The quantitative estimate of drug-likeness (QED) is 0.893. The van der Waals surface area contributed by atoms with Crippen LogP contribution in [0.25, 0.3) is 10.9 Å². The van der Waals surface area contributed by atoms with Gasteiger partial charge in [-0.3, -0.25) is 0 Å². The predicted octanol–water partition coefficient (Wildman–Crippen LogP) is 2.98. The van der Waals surface area contributed by atoms with E-state index in [1.165, 1.54) is 12.8 Å². The minimum atomic E-state index is 0.240. The highest BCUT2D eigenvalue weighted by Crippen LogP contribution is 2.28. The summed E-state index contributed by atoms with van der Waals surface area (Å²) < 4.78 is 0. The van der Waals surface area contributed by atoms with E-state index in [4.69, 9.17) is 9.97 Å². The fourth-order valence-corrected chi connectivity index (χ4v) is 2.97. The van der Waals surface area contributed by atoms with E-state index in [1.54, 1.807) is 0 Å². The molecule has 2 aliphatic heterocycles. The first kappa shape index (κ1) is 13.4. The maximum atomic E-state index is 4.75. The van der Waals surface area contributed by atoms with Gasteiger partial charge >= 0.3 is 0 Å². The lowest BCUT2D eigenvalue weighted by atomic mass is 10.0. The van der Waals surface area contributed by atoms with Gasteiger partial charge < -0.3 is 10.6 Å². The molecule has 22 heavy (non-hydrogen) atoms. The number of hydrogen-bond acceptors (Lipinski definition) is 4. The molecule has 2 aliphatic rings. The zero-order valence-electron chi connectivity index (χ0n) is 12.6. The van der Waals surface area contributed by atoms with E-state index < -0.39 is 0 Å². The van der Waals surface area contributed by atoms with Gasteiger partial charge in [-0.2, -0.15) is 0 Å². The largest absolute Gasteiger partial charge is 0.344 e. The maximum absolute atomic E-state index is 4.75. The Morgan fingerprint density at radius 1 is 1.18 bits per heavy atom. The number of fused-ring (bicyclic) bond motifs is 1. The Morgan fingerprint density at radius 3 is 2.82 bits per heavy atom. The van der Waals surface area contributed by atoms with Gasteiger partial charge in [-0.1, -0.05) is 18.6 Å². The molecule has 1 unspecified atom stereocenters. The van der Waals surface area contributed by atoms with Gasteiger partial charge in [0, 0.05) is 11.1 Å². The fourth-order valence-electron chi connectivity index (χ4n) is 2.97. The minimum Gasteiger partial charge on any atom is -0.344 e. The van der Waals surface area contributed by atoms with Crippen LogP contribution in [0.1, 0.15) is 38.1 Å². The highest BCUT2D eigenvalue weighted by atomic mass is 15.1. The highest BCUT2D eigenvalue weighted by molar-refractivity contribution is 6.03. The topological polar surface area (TPSA) is 62.2 Å². The standard InChI is InChI=1S/C17H19N5/c1-11-10-15(19-11)21-16-12-6-2-3-7-13(12)20-17(22-16)14-8-4-5-9-18-14/h2-3,6-7,10,14,18H,4-5,8-9H2,1H3,(H,19,20,21,22). The van der Waals surface area contributed by atoms with Crippen molar-refractivity contribution in [1.29, 1.82) is 0 Å². The minimum absolute atomic E-state index is 0.240. The van der Waals surface area contributed by atoms with Crippen LogP contribution in [0, 0.1) is 0 Å². The summed E-state index contributed by atoms with van der Waals surface area (Å²) in [5.74, 6) is 2.47. The average molecular weight is 293 g/mol. The lowest BCUT2D eigenvalue weighted by Crippen LogP contribution is -2.29.